The predicted molar refractivity (Wildman–Crippen MR) is 59.2 cm³/mol. The molecule has 0 amide bonds. The molecule has 0 unspecified atom stereocenters. The van der Waals surface area contributed by atoms with Crippen LogP contribution in [0.25, 0.3) is 0 Å². The van der Waals surface area contributed by atoms with E-state index in [4.69, 9.17) is 5.73 Å². The molecule has 0 aliphatic heterocycles. The van der Waals surface area contributed by atoms with Crippen LogP contribution in [0.4, 0.5) is 10.1 Å². The van der Waals surface area contributed by atoms with Crippen molar-refractivity contribution in [1.82, 2.24) is 0 Å². The minimum Gasteiger partial charge on any atom is -0.398 e. The molecular weight excluding hydrogens is 193 g/mol. The van der Waals surface area contributed by atoms with Gasteiger partial charge >= 0.3 is 0 Å². The third-order valence-electron chi connectivity index (χ3n) is 2.64. The molecule has 1 rings (SSSR count). The van der Waals surface area contributed by atoms with Crippen molar-refractivity contribution in [2.75, 3.05) is 5.73 Å². The summed E-state index contributed by atoms with van der Waals surface area (Å²) in [6, 6.07) is 3.92. The van der Waals surface area contributed by atoms with Crippen LogP contribution in [0.15, 0.2) is 18.2 Å². The van der Waals surface area contributed by atoms with E-state index < -0.39 is 5.82 Å². The maximum Gasteiger partial charge on any atom is 0.168 e. The van der Waals surface area contributed by atoms with Gasteiger partial charge in [0.05, 0.1) is 0 Å². The number of ketones is 1. The Bertz CT molecular complexity index is 359. The highest BCUT2D eigenvalue weighted by Gasteiger charge is 2.18. The van der Waals surface area contributed by atoms with Gasteiger partial charge in [0.25, 0.3) is 0 Å². The third-order valence-corrected chi connectivity index (χ3v) is 2.64. The summed E-state index contributed by atoms with van der Waals surface area (Å²) in [7, 11) is 0. The molecule has 1 aromatic carbocycles. The van der Waals surface area contributed by atoms with Gasteiger partial charge in [0.2, 0.25) is 0 Å². The first-order valence-electron chi connectivity index (χ1n) is 5.19. The van der Waals surface area contributed by atoms with E-state index >= 15 is 0 Å². The first-order valence-corrected chi connectivity index (χ1v) is 5.19. The highest BCUT2D eigenvalue weighted by atomic mass is 19.1. The number of carbonyl (C=O) groups excluding carboxylic acids is 1. The average molecular weight is 209 g/mol. The molecule has 3 heteroatoms. The zero-order chi connectivity index (χ0) is 11.4. The van der Waals surface area contributed by atoms with Crippen LogP contribution in [-0.4, -0.2) is 5.78 Å². The van der Waals surface area contributed by atoms with Gasteiger partial charge in [0.15, 0.2) is 5.78 Å². The molecule has 2 N–H and O–H groups in total. The van der Waals surface area contributed by atoms with Crippen LogP contribution in [0.3, 0.4) is 0 Å². The largest absolute Gasteiger partial charge is 0.398 e. The zero-order valence-electron chi connectivity index (χ0n) is 9.09. The summed E-state index contributed by atoms with van der Waals surface area (Å²) in [5, 5.41) is 0. The van der Waals surface area contributed by atoms with Gasteiger partial charge in [0, 0.05) is 17.2 Å². The van der Waals surface area contributed by atoms with E-state index in [0.717, 1.165) is 12.8 Å². The summed E-state index contributed by atoms with van der Waals surface area (Å²) in [5.41, 5.74) is 6.31. The van der Waals surface area contributed by atoms with Gasteiger partial charge in [-0.2, -0.15) is 0 Å². The fourth-order valence-electron chi connectivity index (χ4n) is 1.62. The van der Waals surface area contributed by atoms with E-state index in [1.54, 1.807) is 0 Å². The van der Waals surface area contributed by atoms with Crippen LogP contribution in [0.1, 0.15) is 37.0 Å². The van der Waals surface area contributed by atoms with Crippen molar-refractivity contribution in [3.8, 4) is 0 Å². The fraction of sp³-hybridized carbons (Fsp3) is 0.417. The number of benzene rings is 1. The molecule has 2 nitrogen and oxygen atoms in total. The molecule has 0 saturated carbocycles. The average Bonchev–Trinajstić information content (AvgIpc) is 2.23. The second-order valence-corrected chi connectivity index (χ2v) is 3.61. The Morgan fingerprint density at radius 1 is 1.40 bits per heavy atom. The molecule has 0 radical (unpaired) electrons. The van der Waals surface area contributed by atoms with Gasteiger partial charge in [-0.25, -0.2) is 4.39 Å². The van der Waals surface area contributed by atoms with E-state index in [1.165, 1.54) is 18.2 Å². The fourth-order valence-corrected chi connectivity index (χ4v) is 1.62. The number of rotatable bonds is 4. The van der Waals surface area contributed by atoms with Gasteiger partial charge in [0.1, 0.15) is 5.82 Å². The number of halogens is 1. The van der Waals surface area contributed by atoms with Crippen LogP contribution in [0.2, 0.25) is 0 Å². The van der Waals surface area contributed by atoms with Crippen LogP contribution in [0, 0.1) is 11.7 Å². The first-order chi connectivity index (χ1) is 7.10. The van der Waals surface area contributed by atoms with Crippen molar-refractivity contribution in [3.63, 3.8) is 0 Å². The Kier molecular flexibility index (Phi) is 3.83. The van der Waals surface area contributed by atoms with Crippen LogP contribution in [-0.2, 0) is 0 Å². The summed E-state index contributed by atoms with van der Waals surface area (Å²) in [6.45, 7) is 3.89. The van der Waals surface area contributed by atoms with Crippen molar-refractivity contribution in [3.05, 3.63) is 29.6 Å². The Labute approximate surface area is 89.3 Å². The number of hydrogen-bond donors (Lipinski definition) is 1. The molecule has 0 aromatic heterocycles. The summed E-state index contributed by atoms with van der Waals surface area (Å²) < 4.78 is 13.0. The van der Waals surface area contributed by atoms with Gasteiger partial charge in [-0.1, -0.05) is 13.8 Å². The Balaban J connectivity index is 3.04. The second-order valence-electron chi connectivity index (χ2n) is 3.61. The smallest absolute Gasteiger partial charge is 0.168 e. The van der Waals surface area contributed by atoms with Crippen LogP contribution >= 0.6 is 0 Å². The lowest BCUT2D eigenvalue weighted by atomic mass is 9.92. The Morgan fingerprint density at radius 3 is 2.53 bits per heavy atom. The van der Waals surface area contributed by atoms with Crippen molar-refractivity contribution in [2.45, 2.75) is 26.7 Å². The normalized spacial score (nSPS) is 10.7. The van der Waals surface area contributed by atoms with E-state index in [-0.39, 0.29) is 11.7 Å². The molecule has 0 bridgehead atoms. The van der Waals surface area contributed by atoms with Crippen LogP contribution < -0.4 is 5.73 Å². The first kappa shape index (κ1) is 11.7. The van der Waals surface area contributed by atoms with Gasteiger partial charge in [-0.05, 0) is 31.0 Å². The van der Waals surface area contributed by atoms with Gasteiger partial charge in [-0.15, -0.1) is 0 Å². The molecule has 0 spiro atoms. The lowest BCUT2D eigenvalue weighted by molar-refractivity contribution is 0.0914. The lowest BCUT2D eigenvalue weighted by Gasteiger charge is -2.12. The quantitative estimate of drug-likeness (QED) is 0.611. The number of anilines is 1. The molecule has 0 fully saturated rings. The molecule has 0 aliphatic carbocycles. The van der Waals surface area contributed by atoms with E-state index in [9.17, 15) is 9.18 Å². The van der Waals surface area contributed by atoms with Gasteiger partial charge in [-0.3, -0.25) is 4.79 Å². The minimum atomic E-state index is -0.418. The van der Waals surface area contributed by atoms with E-state index in [2.05, 4.69) is 0 Å². The zero-order valence-corrected chi connectivity index (χ0v) is 9.09. The molecular formula is C12H16FNO. The van der Waals surface area contributed by atoms with Crippen molar-refractivity contribution >= 4 is 11.5 Å². The molecule has 0 heterocycles. The predicted octanol–water partition coefficient (Wildman–Crippen LogP) is 3.03. The molecule has 0 saturated heterocycles. The molecule has 0 aliphatic rings. The summed E-state index contributed by atoms with van der Waals surface area (Å²) in [6.07, 6.45) is 1.51. The summed E-state index contributed by atoms with van der Waals surface area (Å²) in [4.78, 5) is 11.9. The molecule has 0 atom stereocenters. The highest BCUT2D eigenvalue weighted by molar-refractivity contribution is 6.02. The SMILES string of the molecule is CCC(CC)C(=O)c1cc(F)ccc1N. The van der Waals surface area contributed by atoms with Crippen molar-refractivity contribution in [2.24, 2.45) is 5.92 Å². The van der Waals surface area contributed by atoms with E-state index in [0.29, 0.717) is 11.3 Å². The standard InChI is InChI=1S/C12H16FNO/c1-3-8(4-2)12(15)10-7-9(13)5-6-11(10)14/h5-8H,3-4,14H2,1-2H3. The third kappa shape index (κ3) is 2.55. The van der Waals surface area contributed by atoms with Crippen molar-refractivity contribution in [1.29, 1.82) is 0 Å². The van der Waals surface area contributed by atoms with Crippen LogP contribution in [0.5, 0.6) is 0 Å². The number of Topliss-reactive ketones (excluding diaryl/α,β-unsaturated/α-hetero) is 1. The topological polar surface area (TPSA) is 43.1 Å². The number of carbonyl (C=O) groups is 1. The lowest BCUT2D eigenvalue weighted by Crippen LogP contribution is -2.15. The maximum absolute atomic E-state index is 13.0. The highest BCUT2D eigenvalue weighted by Crippen LogP contribution is 2.21. The Morgan fingerprint density at radius 2 is 2.00 bits per heavy atom. The minimum absolute atomic E-state index is 0.0583. The molecule has 1 aromatic rings. The van der Waals surface area contributed by atoms with Crippen molar-refractivity contribution < 1.29 is 9.18 Å². The molecule has 15 heavy (non-hydrogen) atoms. The number of nitrogens with two attached hydrogens (primary N) is 1. The summed E-state index contributed by atoms with van der Waals surface area (Å²) in [5.74, 6) is -0.537. The maximum atomic E-state index is 13.0. The molecule has 82 valence electrons. The van der Waals surface area contributed by atoms with E-state index in [1.807, 2.05) is 13.8 Å². The number of hydrogen-bond acceptors (Lipinski definition) is 2. The monoisotopic (exact) mass is 209 g/mol. The van der Waals surface area contributed by atoms with Gasteiger partial charge < -0.3 is 5.73 Å². The number of nitrogen functional groups attached to an aromatic ring is 1. The Hall–Kier alpha value is -1.38. The summed E-state index contributed by atoms with van der Waals surface area (Å²) >= 11 is 0. The second kappa shape index (κ2) is 4.91.